The van der Waals surface area contributed by atoms with E-state index in [1.165, 1.54) is 0 Å². The first-order chi connectivity index (χ1) is 18.2. The van der Waals surface area contributed by atoms with Gasteiger partial charge in [-0.15, -0.1) is 0 Å². The Bertz CT molecular complexity index is 1230. The van der Waals surface area contributed by atoms with Crippen LogP contribution in [-0.4, -0.2) is 38.6 Å². The zero-order chi connectivity index (χ0) is 27.7. The normalized spacial score (nSPS) is 11.7. The number of halogens is 2. The molecule has 3 aromatic rings. The van der Waals surface area contributed by atoms with Gasteiger partial charge in [0.15, 0.2) is 0 Å². The van der Waals surface area contributed by atoms with E-state index in [2.05, 4.69) is 13.8 Å². The van der Waals surface area contributed by atoms with Crippen molar-refractivity contribution in [2.45, 2.75) is 45.4 Å². The fraction of sp³-hybridized carbons (Fsp3) is 0.310. The molecule has 0 saturated heterocycles. The van der Waals surface area contributed by atoms with Gasteiger partial charge in [-0.2, -0.15) is 0 Å². The van der Waals surface area contributed by atoms with Crippen LogP contribution in [0.3, 0.4) is 0 Å². The van der Waals surface area contributed by atoms with E-state index in [-0.39, 0.29) is 40.1 Å². The molecule has 0 aliphatic carbocycles. The van der Waals surface area contributed by atoms with E-state index in [0.29, 0.717) is 16.7 Å². The summed E-state index contributed by atoms with van der Waals surface area (Å²) in [6, 6.07) is 18.8. The molecule has 0 aromatic heterocycles. The zero-order valence-electron chi connectivity index (χ0n) is 21.8. The number of hydrogen-bond acceptors (Lipinski definition) is 6. The van der Waals surface area contributed by atoms with Crippen molar-refractivity contribution < 1.29 is 28.5 Å². The predicted octanol–water partition coefficient (Wildman–Crippen LogP) is 7.49. The summed E-state index contributed by atoms with van der Waals surface area (Å²) < 4.78 is 22.6. The summed E-state index contributed by atoms with van der Waals surface area (Å²) in [5, 5.41) is 0.417. The Kier molecular flexibility index (Phi) is 11.4. The minimum atomic E-state index is -2.68. The number of ether oxygens (including phenoxy) is 4. The SMILES string of the molecule is CCOC(=O)C[As](C(=O)OCC)c1cc(Cl)c(Oc2ccc(OCc3ccccc3)c(C(C)C)c2)c(Cl)c1. The molecule has 0 aliphatic rings. The Balaban J connectivity index is 1.85. The Labute approximate surface area is 238 Å². The molecule has 0 aliphatic heterocycles. The van der Waals surface area contributed by atoms with E-state index < -0.39 is 25.4 Å². The molecule has 0 bridgehead atoms. The van der Waals surface area contributed by atoms with E-state index >= 15 is 0 Å². The van der Waals surface area contributed by atoms with Crippen LogP contribution >= 0.6 is 23.2 Å². The number of carbonyl (C=O) groups excluding carboxylic acids is 2. The molecule has 0 radical (unpaired) electrons. The van der Waals surface area contributed by atoms with Gasteiger partial charge in [-0.25, -0.2) is 0 Å². The van der Waals surface area contributed by atoms with Gasteiger partial charge in [-0.3, -0.25) is 0 Å². The summed E-state index contributed by atoms with van der Waals surface area (Å²) in [6.45, 7) is 8.48. The summed E-state index contributed by atoms with van der Waals surface area (Å²) in [4.78, 5) is 24.8. The number of rotatable bonds is 12. The molecule has 0 heterocycles. The van der Waals surface area contributed by atoms with Crippen LogP contribution in [0.2, 0.25) is 15.3 Å². The summed E-state index contributed by atoms with van der Waals surface area (Å²) >= 11 is 10.5. The molecule has 0 N–H and O–H groups in total. The molecule has 38 heavy (non-hydrogen) atoms. The van der Waals surface area contributed by atoms with Crippen LogP contribution in [0.25, 0.3) is 0 Å². The van der Waals surface area contributed by atoms with Crippen molar-refractivity contribution in [1.29, 1.82) is 0 Å². The molecule has 0 fully saturated rings. The van der Waals surface area contributed by atoms with E-state index in [0.717, 1.165) is 16.9 Å². The summed E-state index contributed by atoms with van der Waals surface area (Å²) in [5.74, 6) is 1.30. The van der Waals surface area contributed by atoms with Gasteiger partial charge in [-0.05, 0) is 0 Å². The number of benzene rings is 3. The molecule has 3 rings (SSSR count). The maximum atomic E-state index is 12.7. The van der Waals surface area contributed by atoms with E-state index in [1.807, 2.05) is 42.5 Å². The van der Waals surface area contributed by atoms with Crippen molar-refractivity contribution in [1.82, 2.24) is 0 Å². The van der Waals surface area contributed by atoms with Gasteiger partial charge in [-0.1, -0.05) is 30.3 Å². The zero-order valence-corrected chi connectivity index (χ0v) is 25.2. The number of carbonyl (C=O) groups is 2. The second-order valence-corrected chi connectivity index (χ2v) is 13.7. The molecule has 3 aromatic carbocycles. The van der Waals surface area contributed by atoms with Gasteiger partial charge in [0.25, 0.3) is 0 Å². The average molecular weight is 621 g/mol. The first kappa shape index (κ1) is 29.9. The molecule has 6 nitrogen and oxygen atoms in total. The number of hydrogen-bond donors (Lipinski definition) is 0. The predicted molar refractivity (Wildman–Crippen MR) is 152 cm³/mol. The Morgan fingerprint density at radius 3 is 2.16 bits per heavy atom. The van der Waals surface area contributed by atoms with E-state index in [9.17, 15) is 9.59 Å². The third-order valence-electron chi connectivity index (χ3n) is 5.44. The van der Waals surface area contributed by atoms with Crippen molar-refractivity contribution in [3.05, 3.63) is 81.8 Å². The van der Waals surface area contributed by atoms with Crippen LogP contribution in [0.4, 0.5) is 4.79 Å². The fourth-order valence-electron chi connectivity index (χ4n) is 3.62. The first-order valence-corrected chi connectivity index (χ1v) is 16.3. The summed E-state index contributed by atoms with van der Waals surface area (Å²) in [6.07, 6.45) is 0. The third kappa shape index (κ3) is 8.17. The average Bonchev–Trinajstić information content (AvgIpc) is 2.89. The van der Waals surface area contributed by atoms with Gasteiger partial charge in [0.1, 0.15) is 0 Å². The maximum absolute atomic E-state index is 12.7. The summed E-state index contributed by atoms with van der Waals surface area (Å²) in [7, 11) is 0. The molecule has 0 saturated carbocycles. The summed E-state index contributed by atoms with van der Waals surface area (Å²) in [5.41, 5.74) is 2.06. The minimum absolute atomic E-state index is 0.0469. The van der Waals surface area contributed by atoms with Crippen molar-refractivity contribution in [2.75, 3.05) is 13.2 Å². The van der Waals surface area contributed by atoms with Crippen LogP contribution in [0.15, 0.2) is 60.7 Å². The van der Waals surface area contributed by atoms with Gasteiger partial charge in [0.2, 0.25) is 0 Å². The van der Waals surface area contributed by atoms with Gasteiger partial charge in [0, 0.05) is 0 Å². The molecule has 202 valence electrons. The third-order valence-corrected chi connectivity index (χ3v) is 10.2. The standard InChI is InChI=1S/C29H31AsCl2O6/c1-5-35-27(33)17-30(29(34)36-6-2)21-14-24(31)28(25(32)15-21)38-22-12-13-26(23(16-22)19(3)4)37-18-20-10-8-7-9-11-20/h7-16,19H,5-6,17-18H2,1-4H3. The van der Waals surface area contributed by atoms with E-state index in [1.54, 1.807) is 32.0 Å². The molecule has 0 amide bonds. The van der Waals surface area contributed by atoms with Gasteiger partial charge >= 0.3 is 209 Å². The van der Waals surface area contributed by atoms with Crippen molar-refractivity contribution >= 4 is 52.9 Å². The molecule has 1 unspecified atom stereocenters. The van der Waals surface area contributed by atoms with Crippen LogP contribution in [0.5, 0.6) is 17.2 Å². The number of esters is 1. The molecular weight excluding hydrogens is 590 g/mol. The molecule has 1 atom stereocenters. The van der Waals surface area contributed by atoms with Crippen LogP contribution in [0.1, 0.15) is 44.7 Å². The second-order valence-electron chi connectivity index (χ2n) is 8.56. The second kappa shape index (κ2) is 14.5. The Hall–Kier alpha value is -2.66. The Morgan fingerprint density at radius 1 is 0.895 bits per heavy atom. The monoisotopic (exact) mass is 620 g/mol. The molecule has 9 heteroatoms. The van der Waals surface area contributed by atoms with Gasteiger partial charge in [0.05, 0.1) is 0 Å². The van der Waals surface area contributed by atoms with Crippen LogP contribution in [-0.2, 0) is 20.9 Å². The fourth-order valence-corrected chi connectivity index (χ4v) is 8.14. The topological polar surface area (TPSA) is 71.1 Å². The molecular formula is C29H31AsCl2O6. The van der Waals surface area contributed by atoms with Crippen molar-refractivity contribution in [3.63, 3.8) is 0 Å². The van der Waals surface area contributed by atoms with E-state index in [4.69, 9.17) is 42.1 Å². The molecule has 0 spiro atoms. The Morgan fingerprint density at radius 2 is 1.55 bits per heavy atom. The van der Waals surface area contributed by atoms with Crippen LogP contribution in [0, 0.1) is 0 Å². The van der Waals surface area contributed by atoms with Crippen molar-refractivity contribution in [2.24, 2.45) is 0 Å². The first-order valence-electron chi connectivity index (χ1n) is 12.3. The quantitative estimate of drug-likeness (QED) is 0.154. The van der Waals surface area contributed by atoms with Crippen LogP contribution < -0.4 is 13.8 Å². The van der Waals surface area contributed by atoms with Gasteiger partial charge < -0.3 is 0 Å². The van der Waals surface area contributed by atoms with Crippen molar-refractivity contribution in [3.8, 4) is 17.2 Å².